The third-order valence-electron chi connectivity index (χ3n) is 23.4. The largest absolute Gasteiger partial charge is 0.456 e. The summed E-state index contributed by atoms with van der Waals surface area (Å²) in [7, 11) is 0. The number of carbonyl (C=O) groups excluding carboxylic acids is 10. The molecule has 0 N–H and O–H groups in total. The van der Waals surface area contributed by atoms with E-state index in [9.17, 15) is 47.9 Å². The number of hydrogen-bond donors (Lipinski definition) is 0. The number of esters is 1. The molecule has 0 atom stereocenters. The van der Waals surface area contributed by atoms with Gasteiger partial charge in [0.2, 0.25) is 0 Å². The molecule has 0 aliphatic heterocycles. The van der Waals surface area contributed by atoms with Gasteiger partial charge in [-0.1, -0.05) is 127 Å². The van der Waals surface area contributed by atoms with Crippen LogP contribution in [0.25, 0.3) is 0 Å². The molecule has 0 bridgehead atoms. The third-order valence-corrected chi connectivity index (χ3v) is 23.4. The summed E-state index contributed by atoms with van der Waals surface area (Å²) in [6.07, 6.45) is 0. The lowest BCUT2D eigenvalue weighted by atomic mass is 10.0. The number of ether oxygens (including phenoxy) is 1. The second kappa shape index (κ2) is 44.8. The fourth-order valence-electron chi connectivity index (χ4n) is 15.3. The van der Waals surface area contributed by atoms with Crippen molar-refractivity contribution in [3.63, 3.8) is 0 Å². The Labute approximate surface area is 770 Å². The van der Waals surface area contributed by atoms with Crippen LogP contribution in [0.3, 0.4) is 0 Å². The van der Waals surface area contributed by atoms with E-state index in [1.165, 1.54) is 0 Å². The molecule has 10 aromatic rings. The van der Waals surface area contributed by atoms with E-state index in [4.69, 9.17) is 4.74 Å². The summed E-state index contributed by atoms with van der Waals surface area (Å²) in [4.78, 5) is 156. The van der Waals surface area contributed by atoms with E-state index in [2.05, 4.69) is 0 Å². The molecular formula is C110H131N9O11. The molecule has 682 valence electrons. The van der Waals surface area contributed by atoms with E-state index >= 15 is 0 Å². The number of rotatable bonds is 37. The van der Waals surface area contributed by atoms with Gasteiger partial charge >= 0.3 is 5.97 Å². The van der Waals surface area contributed by atoms with E-state index in [1.807, 2.05) is 314 Å². The normalized spacial score (nSPS) is 11.6. The van der Waals surface area contributed by atoms with Gasteiger partial charge in [-0.15, -0.1) is 0 Å². The number of amides is 9. The first-order valence-corrected chi connectivity index (χ1v) is 45.5. The molecule has 0 aromatic heterocycles. The predicted octanol–water partition coefficient (Wildman–Crippen LogP) is 21.1. The molecule has 0 fully saturated rings. The Morgan fingerprint density at radius 3 is 0.415 bits per heavy atom. The van der Waals surface area contributed by atoms with Crippen molar-refractivity contribution in [3.8, 4) is 0 Å². The highest BCUT2D eigenvalue weighted by molar-refractivity contribution is 6.00. The Morgan fingerprint density at radius 2 is 0.300 bits per heavy atom. The summed E-state index contributed by atoms with van der Waals surface area (Å²) in [5.74, 6) is -1.64. The lowest BCUT2D eigenvalue weighted by molar-refractivity contribution is 0.00679. The number of hydrogen-bond acceptors (Lipinski definition) is 11. The van der Waals surface area contributed by atoms with Crippen LogP contribution >= 0.6 is 0 Å². The van der Waals surface area contributed by atoms with Gasteiger partial charge in [0.05, 0.1) is 5.56 Å². The van der Waals surface area contributed by atoms with E-state index < -0.39 is 11.6 Å². The highest BCUT2D eigenvalue weighted by atomic mass is 16.6. The fourth-order valence-corrected chi connectivity index (χ4v) is 15.3. The average molecular weight is 1760 g/mol. The van der Waals surface area contributed by atoms with Crippen molar-refractivity contribution in [3.05, 3.63) is 354 Å². The van der Waals surface area contributed by atoms with Crippen molar-refractivity contribution in [1.29, 1.82) is 0 Å². The standard InChI is InChI=1S/C110H131N9O11/c1-72(2)111(100(120)90-25-23-22-24-26-90)63-81-27-45-91(46-28-81)101(121)112(73(3)4)64-82-29-47-92(48-30-82)102(122)113(74(5)6)65-83-31-49-93(50-32-83)103(123)114(75(7)8)66-84-33-51-94(52-34-84)104(124)115(76(9)10)67-85-35-53-95(54-36-85)105(125)116(77(11)12)68-86-37-55-96(56-38-86)106(126)117(78(13)14)69-87-39-57-97(58-40-87)107(127)118(79(15)16)70-88-41-59-98(60-42-88)108(128)119(80(17)18)71-89-43-61-99(62-44-89)109(129)130-110(19,20)21/h22-62,72-80H,63-71H2,1-21H3. The minimum absolute atomic E-state index is 0.0318. The molecule has 0 saturated heterocycles. The minimum atomic E-state index is -0.615. The lowest BCUT2D eigenvalue weighted by Gasteiger charge is -2.29. The summed E-state index contributed by atoms with van der Waals surface area (Å²) in [5.41, 5.74) is 12.4. The smallest absolute Gasteiger partial charge is 0.338 e. The van der Waals surface area contributed by atoms with Crippen molar-refractivity contribution in [2.75, 3.05) is 0 Å². The third kappa shape index (κ3) is 26.3. The van der Waals surface area contributed by atoms with Crippen LogP contribution in [0.4, 0.5) is 0 Å². The van der Waals surface area contributed by atoms with Crippen molar-refractivity contribution in [1.82, 2.24) is 44.1 Å². The molecule has 0 aliphatic rings. The molecule has 0 heterocycles. The molecule has 0 saturated carbocycles. The lowest BCUT2D eigenvalue weighted by Crippen LogP contribution is -2.37. The number of nitrogens with zero attached hydrogens (tertiary/aromatic N) is 9. The van der Waals surface area contributed by atoms with Gasteiger partial charge in [0.25, 0.3) is 53.2 Å². The van der Waals surface area contributed by atoms with E-state index in [0.29, 0.717) is 115 Å². The van der Waals surface area contributed by atoms with E-state index in [0.717, 1.165) is 50.1 Å². The molecule has 10 aromatic carbocycles. The van der Waals surface area contributed by atoms with Crippen molar-refractivity contribution in [2.24, 2.45) is 0 Å². The molecule has 0 unspecified atom stereocenters. The maximum Gasteiger partial charge on any atom is 0.338 e. The summed E-state index contributed by atoms with van der Waals surface area (Å²) in [5, 5.41) is 0. The van der Waals surface area contributed by atoms with Crippen molar-refractivity contribution >= 4 is 59.1 Å². The van der Waals surface area contributed by atoms with Gasteiger partial charge in [-0.05, 0) is 317 Å². The van der Waals surface area contributed by atoms with Gasteiger partial charge in [0, 0.05) is 163 Å². The predicted molar refractivity (Wildman–Crippen MR) is 515 cm³/mol. The second-order valence-electron chi connectivity index (χ2n) is 37.4. The zero-order chi connectivity index (χ0) is 94.7. The molecule has 20 heteroatoms. The molecule has 20 nitrogen and oxygen atoms in total. The van der Waals surface area contributed by atoms with Gasteiger partial charge < -0.3 is 48.8 Å². The molecule has 0 radical (unpaired) electrons. The first kappa shape index (κ1) is 99.1. The van der Waals surface area contributed by atoms with Crippen LogP contribution in [0.15, 0.2) is 249 Å². The van der Waals surface area contributed by atoms with Crippen LogP contribution < -0.4 is 0 Å². The number of benzene rings is 10. The first-order chi connectivity index (χ1) is 61.6. The summed E-state index contributed by atoms with van der Waals surface area (Å²) in [6, 6.07) is 74.3. The highest BCUT2D eigenvalue weighted by Crippen LogP contribution is 2.28. The first-order valence-electron chi connectivity index (χ1n) is 45.5. The van der Waals surface area contributed by atoms with Crippen molar-refractivity contribution in [2.45, 2.75) is 264 Å². The van der Waals surface area contributed by atoms with Crippen LogP contribution in [0.1, 0.15) is 299 Å². The van der Waals surface area contributed by atoms with Crippen LogP contribution in [0.5, 0.6) is 0 Å². The van der Waals surface area contributed by atoms with Crippen LogP contribution in [0.2, 0.25) is 0 Å². The van der Waals surface area contributed by atoms with Crippen LogP contribution in [-0.2, 0) is 63.6 Å². The van der Waals surface area contributed by atoms with Gasteiger partial charge in [-0.25, -0.2) is 4.79 Å². The fraction of sp³-hybridized carbons (Fsp3) is 0.364. The minimum Gasteiger partial charge on any atom is -0.456 e. The zero-order valence-electron chi connectivity index (χ0n) is 79.7. The maximum atomic E-state index is 14.4. The molecule has 10 rings (SSSR count). The second-order valence-corrected chi connectivity index (χ2v) is 37.4. The monoisotopic (exact) mass is 1750 g/mol. The van der Waals surface area contributed by atoms with Gasteiger partial charge in [-0.2, -0.15) is 0 Å². The van der Waals surface area contributed by atoms with Gasteiger partial charge in [0.1, 0.15) is 5.60 Å². The Morgan fingerprint density at radius 1 is 0.185 bits per heavy atom. The topological polar surface area (TPSA) is 209 Å². The molecule has 0 aliphatic carbocycles. The van der Waals surface area contributed by atoms with Gasteiger partial charge in [-0.3, -0.25) is 43.2 Å². The summed E-state index contributed by atoms with van der Waals surface area (Å²) in [6.45, 7) is 43.9. The molecular weight excluding hydrogens is 1620 g/mol. The van der Waals surface area contributed by atoms with Gasteiger partial charge in [0.15, 0.2) is 0 Å². The van der Waals surface area contributed by atoms with Crippen molar-refractivity contribution < 1.29 is 52.7 Å². The SMILES string of the molecule is CC(C)N(Cc1ccc(C(=O)N(Cc2ccc(C(=O)N(Cc3ccc(C(=O)N(Cc4ccc(C(=O)N(Cc5ccc(C(=O)N(Cc6ccc(C(=O)N(Cc7ccc(C(=O)N(Cc8ccc(C(=O)N(Cc9ccc(C(=O)OC(C)(C)C)cc9)C(C)C)cc8)C(C)C)cc7)C(C)C)cc6)C(C)C)cc5)C(C)C)cc4)C(C)C)cc3)C(C)C)cc2)C(C)C)cc1)C(=O)c1ccccc1. The molecule has 130 heavy (non-hydrogen) atoms. The quantitative estimate of drug-likeness (QED) is 0.0334. The van der Waals surface area contributed by atoms with Crippen LogP contribution in [-0.4, -0.2) is 163 Å². The maximum absolute atomic E-state index is 14.4. The number of carbonyl (C=O) groups is 10. The van der Waals surface area contributed by atoms with E-state index in [-0.39, 0.29) is 108 Å². The Bertz CT molecular complexity index is 5440. The zero-order valence-corrected chi connectivity index (χ0v) is 79.7. The van der Waals surface area contributed by atoms with E-state index in [1.54, 1.807) is 124 Å². The molecule has 0 spiro atoms. The Balaban J connectivity index is 0.684. The Kier molecular flexibility index (Phi) is 34.1. The highest BCUT2D eigenvalue weighted by Gasteiger charge is 2.31. The molecule has 9 amide bonds. The summed E-state index contributed by atoms with van der Waals surface area (Å²) < 4.78 is 5.52. The van der Waals surface area contributed by atoms with Crippen LogP contribution in [0, 0.1) is 0 Å². The average Bonchev–Trinajstić information content (AvgIpc) is 0.816. The summed E-state index contributed by atoms with van der Waals surface area (Å²) >= 11 is 0. The Hall–Kier alpha value is -13.1.